The molecule has 2 unspecified atom stereocenters. The van der Waals surface area contributed by atoms with Gasteiger partial charge in [0.2, 0.25) is 6.29 Å². The van der Waals surface area contributed by atoms with Crippen LogP contribution in [-0.4, -0.2) is 26.4 Å². The van der Waals surface area contributed by atoms with Gasteiger partial charge in [-0.3, -0.25) is 18.2 Å². The van der Waals surface area contributed by atoms with E-state index in [0.29, 0.717) is 0 Å². The van der Waals surface area contributed by atoms with Crippen LogP contribution in [-0.2, 0) is 22.9 Å². The maximum absolute atomic E-state index is 12.0. The van der Waals surface area contributed by atoms with Crippen molar-refractivity contribution < 1.29 is 42.2 Å². The summed E-state index contributed by atoms with van der Waals surface area (Å²) in [6, 6.07) is 5.51. The monoisotopic (exact) mass is 420 g/mol. The number of alkyl halides is 2. The summed E-state index contributed by atoms with van der Waals surface area (Å²) in [5, 5.41) is 0. The first-order valence-corrected chi connectivity index (χ1v) is 10.3. The summed E-state index contributed by atoms with van der Waals surface area (Å²) in [4.78, 5) is 30.9. The van der Waals surface area contributed by atoms with Gasteiger partial charge in [0.15, 0.2) is 0 Å². The summed E-state index contributed by atoms with van der Waals surface area (Å²) in [7, 11) is -9.96. The van der Waals surface area contributed by atoms with Crippen LogP contribution in [0.25, 0.3) is 0 Å². The molecule has 0 amide bonds. The van der Waals surface area contributed by atoms with Gasteiger partial charge in [-0.1, -0.05) is 41.4 Å². The van der Waals surface area contributed by atoms with Crippen molar-refractivity contribution in [1.82, 2.24) is 0 Å². The summed E-state index contributed by atoms with van der Waals surface area (Å²) < 4.78 is 40.1. The fourth-order valence-corrected chi connectivity index (χ4v) is 4.88. The first-order valence-electron chi connectivity index (χ1n) is 6.36. The Morgan fingerprint density at radius 1 is 1.25 bits per heavy atom. The van der Waals surface area contributed by atoms with Crippen LogP contribution >= 0.6 is 38.4 Å². The third-order valence-electron chi connectivity index (χ3n) is 2.79. The SMILES string of the molecule is CCOC(=O)Oc1ccccc1C1OP(=O)(O)C(Cl)(Cl)P(=O)(O)O1. The van der Waals surface area contributed by atoms with E-state index in [-0.39, 0.29) is 17.9 Å². The Kier molecular flexibility index (Phi) is 5.69. The van der Waals surface area contributed by atoms with Gasteiger partial charge < -0.3 is 19.3 Å². The number of ether oxygens (including phenoxy) is 2. The Morgan fingerprint density at radius 3 is 2.33 bits per heavy atom. The van der Waals surface area contributed by atoms with E-state index in [1.54, 1.807) is 6.92 Å². The lowest BCUT2D eigenvalue weighted by Gasteiger charge is -2.37. The molecule has 2 N–H and O–H groups in total. The summed E-state index contributed by atoms with van der Waals surface area (Å²) >= 11 is 10.9. The zero-order valence-electron chi connectivity index (χ0n) is 12.0. The third-order valence-corrected chi connectivity index (χ3v) is 9.18. The van der Waals surface area contributed by atoms with Crippen LogP contribution in [0.4, 0.5) is 4.79 Å². The molecule has 9 nitrogen and oxygen atoms in total. The summed E-state index contributed by atoms with van der Waals surface area (Å²) in [5.41, 5.74) is -0.113. The van der Waals surface area contributed by atoms with Crippen molar-refractivity contribution >= 4 is 44.5 Å². The van der Waals surface area contributed by atoms with Gasteiger partial charge in [0.25, 0.3) is 0 Å². The highest BCUT2D eigenvalue weighted by molar-refractivity contribution is 7.79. The first-order chi connectivity index (χ1) is 11.0. The molecule has 24 heavy (non-hydrogen) atoms. The van der Waals surface area contributed by atoms with Gasteiger partial charge in [0, 0.05) is 0 Å². The molecule has 0 radical (unpaired) electrons. The molecule has 134 valence electrons. The molecule has 1 aliphatic heterocycles. The number of benzene rings is 1. The lowest BCUT2D eigenvalue weighted by Crippen LogP contribution is -2.26. The average molecular weight is 421 g/mol. The molecule has 1 aromatic carbocycles. The van der Waals surface area contributed by atoms with Crippen molar-refractivity contribution in [3.8, 4) is 5.75 Å². The largest absolute Gasteiger partial charge is 0.513 e. The van der Waals surface area contributed by atoms with E-state index in [1.165, 1.54) is 24.3 Å². The van der Waals surface area contributed by atoms with Crippen molar-refractivity contribution in [3.05, 3.63) is 29.8 Å². The van der Waals surface area contributed by atoms with E-state index >= 15 is 0 Å². The minimum Gasteiger partial charge on any atom is -0.434 e. The number of hydrogen-bond acceptors (Lipinski definition) is 7. The van der Waals surface area contributed by atoms with Gasteiger partial charge in [-0.05, 0) is 13.0 Å². The molecule has 1 aliphatic rings. The molecular weight excluding hydrogens is 409 g/mol. The molecule has 0 spiro atoms. The molecule has 0 aliphatic carbocycles. The maximum atomic E-state index is 12.0. The highest BCUT2D eigenvalue weighted by Gasteiger charge is 2.67. The van der Waals surface area contributed by atoms with Crippen LogP contribution in [0.2, 0.25) is 0 Å². The zero-order chi connectivity index (χ0) is 18.2. The zero-order valence-corrected chi connectivity index (χ0v) is 15.3. The third kappa shape index (κ3) is 3.64. The number of carbonyl (C=O) groups excluding carboxylic acids is 1. The molecule has 1 fully saturated rings. The van der Waals surface area contributed by atoms with Crippen LogP contribution in [0.15, 0.2) is 24.3 Å². The van der Waals surface area contributed by atoms with Gasteiger partial charge in [-0.15, -0.1) is 0 Å². The fraction of sp³-hybridized carbons (Fsp3) is 0.364. The van der Waals surface area contributed by atoms with Crippen LogP contribution < -0.4 is 4.74 Å². The Balaban J connectivity index is 2.38. The van der Waals surface area contributed by atoms with E-state index in [0.717, 1.165) is 0 Å². The lowest BCUT2D eigenvalue weighted by molar-refractivity contribution is -0.0252. The van der Waals surface area contributed by atoms with Crippen LogP contribution in [0.3, 0.4) is 0 Å². The van der Waals surface area contributed by atoms with E-state index in [9.17, 15) is 23.7 Å². The summed E-state index contributed by atoms with van der Waals surface area (Å²) in [6.07, 6.45) is -2.88. The van der Waals surface area contributed by atoms with Crippen molar-refractivity contribution in [2.45, 2.75) is 17.0 Å². The van der Waals surface area contributed by atoms with Gasteiger partial charge in [0.05, 0.1) is 12.2 Å². The number of para-hydroxylation sites is 1. The summed E-state index contributed by atoms with van der Waals surface area (Å²) in [5.74, 6) is -0.169. The van der Waals surface area contributed by atoms with Crippen LogP contribution in [0, 0.1) is 0 Å². The highest BCUT2D eigenvalue weighted by atomic mass is 35.5. The second kappa shape index (κ2) is 6.94. The van der Waals surface area contributed by atoms with Crippen LogP contribution in [0.5, 0.6) is 5.75 Å². The van der Waals surface area contributed by atoms with E-state index in [2.05, 4.69) is 4.74 Å². The van der Waals surface area contributed by atoms with Crippen molar-refractivity contribution in [2.75, 3.05) is 6.61 Å². The molecular formula is C11H12Cl2O9P2. The number of halogens is 2. The van der Waals surface area contributed by atoms with Gasteiger partial charge >= 0.3 is 25.2 Å². The summed E-state index contributed by atoms with van der Waals surface area (Å²) in [6.45, 7) is 1.61. The van der Waals surface area contributed by atoms with Gasteiger partial charge in [-0.25, -0.2) is 4.79 Å². The number of rotatable bonds is 3. The minimum absolute atomic E-state index is 0.0517. The van der Waals surface area contributed by atoms with Crippen LogP contribution in [0.1, 0.15) is 18.8 Å². The number of hydrogen-bond donors (Lipinski definition) is 2. The Labute approximate surface area is 146 Å². The van der Waals surface area contributed by atoms with E-state index in [4.69, 9.17) is 37.0 Å². The quantitative estimate of drug-likeness (QED) is 0.325. The second-order valence-electron chi connectivity index (χ2n) is 4.42. The number of carbonyl (C=O) groups is 1. The average Bonchev–Trinajstić information content (AvgIpc) is 2.45. The first kappa shape index (κ1) is 19.7. The van der Waals surface area contributed by atoms with Crippen molar-refractivity contribution in [2.24, 2.45) is 0 Å². The predicted molar refractivity (Wildman–Crippen MR) is 83.1 cm³/mol. The molecule has 1 saturated heterocycles. The topological polar surface area (TPSA) is 129 Å². The van der Waals surface area contributed by atoms with E-state index < -0.39 is 31.5 Å². The molecule has 0 aromatic heterocycles. The predicted octanol–water partition coefficient (Wildman–Crippen LogP) is 3.73. The normalized spacial score (nSPS) is 32.1. The Hall–Kier alpha value is -0.630. The molecule has 0 bridgehead atoms. The van der Waals surface area contributed by atoms with Gasteiger partial charge in [-0.2, -0.15) is 0 Å². The smallest absolute Gasteiger partial charge is 0.434 e. The fourth-order valence-electron chi connectivity index (χ4n) is 1.68. The second-order valence-corrected chi connectivity index (χ2v) is 11.0. The Morgan fingerprint density at radius 2 is 1.79 bits per heavy atom. The molecule has 13 heteroatoms. The maximum Gasteiger partial charge on any atom is 0.513 e. The van der Waals surface area contributed by atoms with E-state index in [1.807, 2.05) is 0 Å². The molecule has 1 heterocycles. The van der Waals surface area contributed by atoms with Crippen molar-refractivity contribution in [1.29, 1.82) is 0 Å². The molecule has 0 saturated carbocycles. The van der Waals surface area contributed by atoms with Crippen molar-refractivity contribution in [3.63, 3.8) is 0 Å². The highest BCUT2D eigenvalue weighted by Crippen LogP contribution is 2.83. The standard InChI is InChI=1S/C11H12Cl2O9P2/c1-2-19-10(14)20-8-6-4-3-5-7(8)9-21-23(15,16)11(12,13)24(17,18)22-9/h3-6,9H,2H2,1H3,(H,15,16)(H,17,18). The molecule has 1 aromatic rings. The lowest BCUT2D eigenvalue weighted by atomic mass is 10.2. The minimum atomic E-state index is -4.98. The van der Waals surface area contributed by atoms with Gasteiger partial charge in [0.1, 0.15) is 5.75 Å². The molecule has 2 rings (SSSR count). The Bertz CT molecular complexity index is 710. The molecule has 2 atom stereocenters.